The van der Waals surface area contributed by atoms with Gasteiger partial charge in [0.2, 0.25) is 0 Å². The number of phenols is 1. The normalized spacial score (nSPS) is 11.2. The zero-order chi connectivity index (χ0) is 17.9. The summed E-state index contributed by atoms with van der Waals surface area (Å²) in [7, 11) is 0. The van der Waals surface area contributed by atoms with Crippen molar-refractivity contribution < 1.29 is 5.11 Å². The van der Waals surface area contributed by atoms with Gasteiger partial charge in [-0.1, -0.05) is 73.1 Å². The average Bonchev–Trinajstić information content (AvgIpc) is 2.60. The van der Waals surface area contributed by atoms with Gasteiger partial charge in [-0.15, -0.1) is 0 Å². The minimum atomic E-state index is 0.620. The molecule has 24 heavy (non-hydrogen) atoms. The third kappa shape index (κ3) is 5.26. The van der Waals surface area contributed by atoms with Crippen LogP contribution in [0.4, 0.5) is 0 Å². The molecule has 0 spiro atoms. The lowest BCUT2D eigenvalue weighted by Crippen LogP contribution is -2.08. The molecule has 0 bridgehead atoms. The molecule has 0 radical (unpaired) electrons. The number of aromatic hydroxyl groups is 1. The topological polar surface area (TPSA) is 20.2 Å². The maximum Gasteiger partial charge on any atom is 0.122 e. The van der Waals surface area contributed by atoms with Crippen molar-refractivity contribution in [3.63, 3.8) is 0 Å². The average molecular weight is 333 g/mol. The molecule has 1 nitrogen and oxygen atoms in total. The smallest absolute Gasteiger partial charge is 0.122 e. The van der Waals surface area contributed by atoms with Crippen LogP contribution in [0, 0.1) is 0 Å². The van der Waals surface area contributed by atoms with Crippen LogP contribution in [-0.4, -0.2) is 5.11 Å². The Bertz CT molecular complexity index is 488. The van der Waals surface area contributed by atoms with Crippen LogP contribution in [0.5, 0.6) is 5.75 Å². The molecule has 1 heteroatoms. The van der Waals surface area contributed by atoms with Crippen LogP contribution in [0.3, 0.4) is 0 Å². The zero-order valence-electron chi connectivity index (χ0n) is 16.9. The lowest BCUT2D eigenvalue weighted by molar-refractivity contribution is 0.456. The highest BCUT2D eigenvalue weighted by atomic mass is 16.3. The van der Waals surface area contributed by atoms with Gasteiger partial charge < -0.3 is 5.11 Å². The third-order valence-electron chi connectivity index (χ3n) is 5.47. The molecule has 0 aliphatic heterocycles. The number of rotatable bonds is 12. The summed E-state index contributed by atoms with van der Waals surface area (Å²) in [5.74, 6) is 0.620. The van der Waals surface area contributed by atoms with E-state index in [1.807, 2.05) is 0 Å². The summed E-state index contributed by atoms with van der Waals surface area (Å²) in [6.45, 7) is 11.2. The molecule has 0 unspecified atom stereocenters. The number of hydrogen-bond donors (Lipinski definition) is 1. The standard InChI is InChI=1S/C23H40O/c1-6-11-12-13-14-15-16-17-22-20(9-4)18(7-2)19(8-3)21(10-5)23(22)24/h24H,6-17H2,1-5H3. The molecule has 0 saturated carbocycles. The van der Waals surface area contributed by atoms with E-state index in [0.29, 0.717) is 5.75 Å². The van der Waals surface area contributed by atoms with Crippen molar-refractivity contribution in [1.29, 1.82) is 0 Å². The molecular formula is C23H40O. The van der Waals surface area contributed by atoms with Crippen LogP contribution in [0.25, 0.3) is 0 Å². The van der Waals surface area contributed by atoms with E-state index < -0.39 is 0 Å². The van der Waals surface area contributed by atoms with E-state index >= 15 is 0 Å². The van der Waals surface area contributed by atoms with Crippen LogP contribution in [0.1, 0.15) is 107 Å². The molecule has 1 aromatic rings. The predicted octanol–water partition coefficient (Wildman–Crippen LogP) is 6.93. The van der Waals surface area contributed by atoms with E-state index in [1.165, 1.54) is 72.8 Å². The molecule has 0 fully saturated rings. The Labute approximate surface area is 150 Å². The Hall–Kier alpha value is -0.980. The van der Waals surface area contributed by atoms with Crippen LogP contribution in [0.15, 0.2) is 0 Å². The van der Waals surface area contributed by atoms with Crippen molar-refractivity contribution in [3.05, 3.63) is 27.8 Å². The highest BCUT2D eigenvalue weighted by Crippen LogP contribution is 2.36. The van der Waals surface area contributed by atoms with Gasteiger partial charge in [-0.3, -0.25) is 0 Å². The summed E-state index contributed by atoms with van der Waals surface area (Å²) in [6, 6.07) is 0. The van der Waals surface area contributed by atoms with Crippen molar-refractivity contribution in [2.24, 2.45) is 0 Å². The van der Waals surface area contributed by atoms with Gasteiger partial charge in [-0.05, 0) is 66.3 Å². The van der Waals surface area contributed by atoms with Crippen LogP contribution >= 0.6 is 0 Å². The molecule has 1 rings (SSSR count). The van der Waals surface area contributed by atoms with E-state index in [2.05, 4.69) is 34.6 Å². The highest BCUT2D eigenvalue weighted by molar-refractivity contribution is 5.55. The second kappa shape index (κ2) is 11.6. The lowest BCUT2D eigenvalue weighted by atomic mass is 9.84. The van der Waals surface area contributed by atoms with Crippen molar-refractivity contribution in [2.75, 3.05) is 0 Å². The van der Waals surface area contributed by atoms with Crippen LogP contribution in [-0.2, 0) is 32.1 Å². The minimum Gasteiger partial charge on any atom is -0.507 e. The summed E-state index contributed by atoms with van der Waals surface area (Å²) in [6.07, 6.45) is 14.4. The molecular weight excluding hydrogens is 292 g/mol. The van der Waals surface area contributed by atoms with Crippen LogP contribution in [0.2, 0.25) is 0 Å². The number of hydrogen-bond acceptors (Lipinski definition) is 1. The van der Waals surface area contributed by atoms with Crippen molar-refractivity contribution in [3.8, 4) is 5.75 Å². The summed E-state index contributed by atoms with van der Waals surface area (Å²) in [5.41, 5.74) is 6.85. The third-order valence-corrected chi connectivity index (χ3v) is 5.47. The molecule has 0 saturated heterocycles. The van der Waals surface area contributed by atoms with Gasteiger partial charge in [0.1, 0.15) is 5.75 Å². The molecule has 0 atom stereocenters. The zero-order valence-corrected chi connectivity index (χ0v) is 16.9. The molecule has 0 amide bonds. The summed E-state index contributed by atoms with van der Waals surface area (Å²) >= 11 is 0. The highest BCUT2D eigenvalue weighted by Gasteiger charge is 2.19. The molecule has 0 aliphatic carbocycles. The van der Waals surface area contributed by atoms with Gasteiger partial charge in [0, 0.05) is 0 Å². The second-order valence-corrected chi connectivity index (χ2v) is 7.03. The Morgan fingerprint density at radius 2 is 0.917 bits per heavy atom. The monoisotopic (exact) mass is 332 g/mol. The molecule has 0 heterocycles. The summed E-state index contributed by atoms with van der Waals surface area (Å²) < 4.78 is 0. The Morgan fingerprint density at radius 1 is 0.500 bits per heavy atom. The van der Waals surface area contributed by atoms with Crippen molar-refractivity contribution >= 4 is 0 Å². The summed E-state index contributed by atoms with van der Waals surface area (Å²) in [4.78, 5) is 0. The SMILES string of the molecule is CCCCCCCCCc1c(O)c(CC)c(CC)c(CC)c1CC. The number of phenolic OH excluding ortho intramolecular Hbond substituents is 1. The quantitative estimate of drug-likeness (QED) is 0.411. The van der Waals surface area contributed by atoms with Gasteiger partial charge >= 0.3 is 0 Å². The maximum atomic E-state index is 10.9. The lowest BCUT2D eigenvalue weighted by Gasteiger charge is -2.22. The van der Waals surface area contributed by atoms with Gasteiger partial charge in [-0.2, -0.15) is 0 Å². The first kappa shape index (κ1) is 21.1. The van der Waals surface area contributed by atoms with Gasteiger partial charge in [0.15, 0.2) is 0 Å². The van der Waals surface area contributed by atoms with E-state index in [0.717, 1.165) is 32.1 Å². The fraction of sp³-hybridized carbons (Fsp3) is 0.739. The Kier molecular flexibility index (Phi) is 10.1. The molecule has 1 N–H and O–H groups in total. The molecule has 138 valence electrons. The summed E-state index contributed by atoms with van der Waals surface area (Å²) in [5, 5.41) is 10.9. The largest absolute Gasteiger partial charge is 0.507 e. The Morgan fingerprint density at radius 3 is 1.42 bits per heavy atom. The van der Waals surface area contributed by atoms with E-state index in [9.17, 15) is 5.11 Å². The van der Waals surface area contributed by atoms with Crippen molar-refractivity contribution in [2.45, 2.75) is 112 Å². The molecule has 0 aromatic heterocycles. The first-order valence-corrected chi connectivity index (χ1v) is 10.5. The van der Waals surface area contributed by atoms with E-state index in [4.69, 9.17) is 0 Å². The minimum absolute atomic E-state index is 0.620. The predicted molar refractivity (Wildman–Crippen MR) is 107 cm³/mol. The Balaban J connectivity index is 2.89. The number of unbranched alkanes of at least 4 members (excludes halogenated alkanes) is 6. The molecule has 0 aliphatic rings. The fourth-order valence-corrected chi connectivity index (χ4v) is 4.20. The van der Waals surface area contributed by atoms with Crippen molar-refractivity contribution in [1.82, 2.24) is 0 Å². The fourth-order valence-electron chi connectivity index (χ4n) is 4.20. The van der Waals surface area contributed by atoms with Gasteiger partial charge in [-0.25, -0.2) is 0 Å². The van der Waals surface area contributed by atoms with Gasteiger partial charge in [0.05, 0.1) is 0 Å². The van der Waals surface area contributed by atoms with E-state index in [1.54, 1.807) is 0 Å². The first-order chi connectivity index (χ1) is 11.7. The number of benzene rings is 1. The van der Waals surface area contributed by atoms with Gasteiger partial charge in [0.25, 0.3) is 0 Å². The second-order valence-electron chi connectivity index (χ2n) is 7.03. The molecule has 1 aromatic carbocycles. The van der Waals surface area contributed by atoms with Crippen LogP contribution < -0.4 is 0 Å². The van der Waals surface area contributed by atoms with E-state index in [-0.39, 0.29) is 0 Å². The maximum absolute atomic E-state index is 10.9. The first-order valence-electron chi connectivity index (χ1n) is 10.5.